The Bertz CT molecular complexity index is 714. The Labute approximate surface area is 130 Å². The van der Waals surface area contributed by atoms with Crippen molar-refractivity contribution in [2.75, 3.05) is 7.05 Å². The fourth-order valence-electron chi connectivity index (χ4n) is 2.86. The maximum absolute atomic E-state index is 12.7. The number of aromatic nitrogens is 2. The molecule has 0 aliphatic carbocycles. The molecular weight excluding hydrogens is 276 g/mol. The van der Waals surface area contributed by atoms with E-state index >= 15 is 0 Å². The maximum Gasteiger partial charge on any atom is 0.244 e. The van der Waals surface area contributed by atoms with Gasteiger partial charge in [0.15, 0.2) is 0 Å². The molecule has 1 aromatic heterocycles. The lowest BCUT2D eigenvalue weighted by Crippen LogP contribution is -2.35. The molecule has 1 amide bonds. The maximum atomic E-state index is 12.7. The molecule has 0 bridgehead atoms. The minimum atomic E-state index is -0.341. The van der Waals surface area contributed by atoms with Gasteiger partial charge < -0.3 is 4.90 Å². The van der Waals surface area contributed by atoms with Gasteiger partial charge in [-0.15, -0.1) is 0 Å². The van der Waals surface area contributed by atoms with Crippen molar-refractivity contribution in [3.8, 4) is 0 Å². The molecule has 1 unspecified atom stereocenters. The number of likely N-dealkylation sites (N-methyl/N-ethyl adjacent to an activating group) is 1. The van der Waals surface area contributed by atoms with Crippen molar-refractivity contribution in [2.45, 2.75) is 33.0 Å². The summed E-state index contributed by atoms with van der Waals surface area (Å²) in [5, 5.41) is 3.22. The monoisotopic (exact) mass is 296 g/mol. The smallest absolute Gasteiger partial charge is 0.244 e. The third-order valence-electron chi connectivity index (χ3n) is 4.14. The highest BCUT2D eigenvalue weighted by molar-refractivity contribution is 5.84. The van der Waals surface area contributed by atoms with Crippen LogP contribution >= 0.6 is 0 Å². The quantitative estimate of drug-likeness (QED) is 0.940. The summed E-state index contributed by atoms with van der Waals surface area (Å²) in [6.07, 6.45) is 3.25. The fraction of sp³-hybridized carbons (Fsp3) is 0.353. The van der Waals surface area contributed by atoms with Gasteiger partial charge in [-0.05, 0) is 25.0 Å². The summed E-state index contributed by atoms with van der Waals surface area (Å²) < 4.78 is 0. The lowest BCUT2D eigenvalue weighted by molar-refractivity contribution is -0.132. The van der Waals surface area contributed by atoms with Gasteiger partial charge in [-0.2, -0.15) is 0 Å². The van der Waals surface area contributed by atoms with Crippen LogP contribution in [0.15, 0.2) is 30.7 Å². The Morgan fingerprint density at radius 2 is 2.23 bits per heavy atom. The van der Waals surface area contributed by atoms with Gasteiger partial charge in [0.2, 0.25) is 5.91 Å². The van der Waals surface area contributed by atoms with E-state index in [9.17, 15) is 4.79 Å². The van der Waals surface area contributed by atoms with E-state index in [1.165, 1.54) is 23.0 Å². The molecule has 0 saturated carbocycles. The van der Waals surface area contributed by atoms with Crippen LogP contribution in [0.1, 0.15) is 34.0 Å². The molecule has 1 atom stereocenters. The van der Waals surface area contributed by atoms with Crippen molar-refractivity contribution in [3.05, 3.63) is 58.7 Å². The minimum absolute atomic E-state index is 0.0496. The van der Waals surface area contributed by atoms with Crippen LogP contribution in [0.4, 0.5) is 0 Å². The molecular formula is C17H20N4O. The van der Waals surface area contributed by atoms with E-state index in [0.717, 1.165) is 11.3 Å². The average molecular weight is 296 g/mol. The Hall–Kier alpha value is -2.27. The van der Waals surface area contributed by atoms with E-state index in [0.29, 0.717) is 13.1 Å². The van der Waals surface area contributed by atoms with Crippen molar-refractivity contribution in [3.63, 3.8) is 0 Å². The first-order chi connectivity index (χ1) is 10.6. The largest absolute Gasteiger partial charge is 0.340 e. The van der Waals surface area contributed by atoms with Gasteiger partial charge in [0.1, 0.15) is 12.4 Å². The normalized spacial score (nSPS) is 16.4. The molecule has 0 radical (unpaired) electrons. The number of nitrogens with zero attached hydrogens (tertiary/aromatic N) is 3. The first kappa shape index (κ1) is 14.7. The van der Waals surface area contributed by atoms with E-state index in [1.54, 1.807) is 11.1 Å². The van der Waals surface area contributed by atoms with Crippen LogP contribution in [-0.2, 0) is 17.9 Å². The number of rotatable bonds is 3. The summed E-state index contributed by atoms with van der Waals surface area (Å²) in [4.78, 5) is 22.7. The first-order valence-electron chi connectivity index (χ1n) is 7.39. The highest BCUT2D eigenvalue weighted by atomic mass is 16.2. The van der Waals surface area contributed by atoms with Crippen LogP contribution in [-0.4, -0.2) is 27.8 Å². The molecule has 1 aliphatic rings. The van der Waals surface area contributed by atoms with Crippen LogP contribution < -0.4 is 5.32 Å². The molecule has 0 fully saturated rings. The zero-order valence-electron chi connectivity index (χ0n) is 13.1. The molecule has 0 spiro atoms. The lowest BCUT2D eigenvalue weighted by Gasteiger charge is -2.22. The molecule has 5 nitrogen and oxygen atoms in total. The number of hydrogen-bond donors (Lipinski definition) is 1. The Morgan fingerprint density at radius 3 is 3.00 bits per heavy atom. The van der Waals surface area contributed by atoms with E-state index in [1.807, 2.05) is 7.05 Å². The Kier molecular flexibility index (Phi) is 3.90. The fourth-order valence-corrected chi connectivity index (χ4v) is 2.86. The number of benzene rings is 1. The van der Waals surface area contributed by atoms with Crippen LogP contribution in [0.25, 0.3) is 0 Å². The van der Waals surface area contributed by atoms with Crippen LogP contribution in [0.3, 0.4) is 0 Å². The second kappa shape index (κ2) is 5.85. The minimum Gasteiger partial charge on any atom is -0.340 e. The van der Waals surface area contributed by atoms with Gasteiger partial charge in [-0.3, -0.25) is 10.1 Å². The summed E-state index contributed by atoms with van der Waals surface area (Å²) in [6, 6.07) is 5.97. The molecule has 22 heavy (non-hydrogen) atoms. The molecule has 1 aliphatic heterocycles. The van der Waals surface area contributed by atoms with Crippen molar-refractivity contribution < 1.29 is 4.79 Å². The molecule has 2 heterocycles. The molecule has 1 aromatic carbocycles. The van der Waals surface area contributed by atoms with Gasteiger partial charge in [-0.1, -0.05) is 23.8 Å². The van der Waals surface area contributed by atoms with E-state index < -0.39 is 0 Å². The molecule has 0 saturated heterocycles. The average Bonchev–Trinajstić information content (AvgIpc) is 2.93. The highest BCUT2D eigenvalue weighted by Gasteiger charge is 2.31. The van der Waals surface area contributed by atoms with Crippen LogP contribution in [0, 0.1) is 13.8 Å². The summed E-state index contributed by atoms with van der Waals surface area (Å²) in [6.45, 7) is 5.38. The standard InChI is InChI=1S/C17H20N4O/c1-11-4-5-13(12(2)6-11)9-21(3)17(22)16-14-7-18-10-20-15(14)8-19-16/h4-7,10,16,19H,8-9H2,1-3H3. The van der Waals surface area contributed by atoms with E-state index in [4.69, 9.17) is 0 Å². The van der Waals surface area contributed by atoms with Crippen molar-refractivity contribution in [2.24, 2.45) is 0 Å². The van der Waals surface area contributed by atoms with Gasteiger partial charge in [0.25, 0.3) is 0 Å². The molecule has 2 aromatic rings. The number of amides is 1. The van der Waals surface area contributed by atoms with Crippen molar-refractivity contribution in [1.82, 2.24) is 20.2 Å². The summed E-state index contributed by atoms with van der Waals surface area (Å²) in [5.74, 6) is 0.0496. The Balaban J connectivity index is 1.76. The predicted molar refractivity (Wildman–Crippen MR) is 84.0 cm³/mol. The SMILES string of the molecule is Cc1ccc(CN(C)C(=O)C2NCc3ncncc32)c(C)c1. The number of nitrogens with one attached hydrogen (secondary N) is 1. The number of aryl methyl sites for hydroxylation is 2. The van der Waals surface area contributed by atoms with E-state index in [-0.39, 0.29) is 11.9 Å². The first-order valence-corrected chi connectivity index (χ1v) is 7.39. The molecule has 114 valence electrons. The molecule has 3 rings (SSSR count). The third-order valence-corrected chi connectivity index (χ3v) is 4.14. The van der Waals surface area contributed by atoms with Gasteiger partial charge in [0, 0.05) is 31.9 Å². The van der Waals surface area contributed by atoms with Gasteiger partial charge >= 0.3 is 0 Å². The third kappa shape index (κ3) is 2.72. The zero-order chi connectivity index (χ0) is 15.7. The van der Waals surface area contributed by atoms with Crippen molar-refractivity contribution >= 4 is 5.91 Å². The zero-order valence-corrected chi connectivity index (χ0v) is 13.1. The topological polar surface area (TPSA) is 58.1 Å². The van der Waals surface area contributed by atoms with Gasteiger partial charge in [0.05, 0.1) is 5.69 Å². The van der Waals surface area contributed by atoms with Crippen molar-refractivity contribution in [1.29, 1.82) is 0 Å². The van der Waals surface area contributed by atoms with E-state index in [2.05, 4.69) is 47.3 Å². The second-order valence-corrected chi connectivity index (χ2v) is 5.86. The highest BCUT2D eigenvalue weighted by Crippen LogP contribution is 2.24. The summed E-state index contributed by atoms with van der Waals surface area (Å²) in [7, 11) is 1.84. The molecule has 1 N–H and O–H groups in total. The van der Waals surface area contributed by atoms with Crippen LogP contribution in [0.2, 0.25) is 0 Å². The van der Waals surface area contributed by atoms with Crippen LogP contribution in [0.5, 0.6) is 0 Å². The summed E-state index contributed by atoms with van der Waals surface area (Å²) in [5.41, 5.74) is 5.42. The predicted octanol–water partition coefficient (Wildman–Crippen LogP) is 1.90. The summed E-state index contributed by atoms with van der Waals surface area (Å²) >= 11 is 0. The molecule has 5 heteroatoms. The number of fused-ring (bicyclic) bond motifs is 1. The van der Waals surface area contributed by atoms with Gasteiger partial charge in [-0.25, -0.2) is 9.97 Å². The number of hydrogen-bond acceptors (Lipinski definition) is 4. The Morgan fingerprint density at radius 1 is 1.41 bits per heavy atom. The number of carbonyl (C=O) groups is 1. The number of carbonyl (C=O) groups excluding carboxylic acids is 1. The lowest BCUT2D eigenvalue weighted by atomic mass is 10.0. The second-order valence-electron chi connectivity index (χ2n) is 5.86.